The average molecular weight is 253 g/mol. The van der Waals surface area contributed by atoms with Crippen LogP contribution in [0.2, 0.25) is 0 Å². The molecule has 0 bridgehead atoms. The van der Waals surface area contributed by atoms with Crippen molar-refractivity contribution in [3.8, 4) is 0 Å². The summed E-state index contributed by atoms with van der Waals surface area (Å²) in [4.78, 5) is 0. The molecule has 0 aliphatic carbocycles. The molecule has 0 aliphatic rings. The van der Waals surface area contributed by atoms with Gasteiger partial charge in [-0.2, -0.15) is 0 Å². The molecular formula is C18H23N. The Hall–Kier alpha value is -1.60. The van der Waals surface area contributed by atoms with E-state index in [1.165, 1.54) is 27.8 Å². The highest BCUT2D eigenvalue weighted by Crippen LogP contribution is 2.17. The predicted molar refractivity (Wildman–Crippen MR) is 82.3 cm³/mol. The van der Waals surface area contributed by atoms with Crippen molar-refractivity contribution >= 4 is 0 Å². The minimum absolute atomic E-state index is 0.377. The van der Waals surface area contributed by atoms with Crippen molar-refractivity contribution in [2.24, 2.45) is 0 Å². The van der Waals surface area contributed by atoms with Crippen LogP contribution in [0, 0.1) is 20.8 Å². The van der Waals surface area contributed by atoms with Gasteiger partial charge < -0.3 is 5.32 Å². The highest BCUT2D eigenvalue weighted by Gasteiger charge is 2.06. The summed E-state index contributed by atoms with van der Waals surface area (Å²) in [5.41, 5.74) is 6.85. The van der Waals surface area contributed by atoms with E-state index in [-0.39, 0.29) is 0 Å². The van der Waals surface area contributed by atoms with Crippen molar-refractivity contribution in [2.75, 3.05) is 0 Å². The fourth-order valence-corrected chi connectivity index (χ4v) is 2.33. The fourth-order valence-electron chi connectivity index (χ4n) is 2.33. The van der Waals surface area contributed by atoms with Crippen LogP contribution in [0.25, 0.3) is 0 Å². The van der Waals surface area contributed by atoms with E-state index in [1.807, 2.05) is 0 Å². The molecule has 0 unspecified atom stereocenters. The second kappa shape index (κ2) is 6.03. The van der Waals surface area contributed by atoms with Crippen LogP contribution in [0.1, 0.15) is 40.8 Å². The molecule has 0 fully saturated rings. The van der Waals surface area contributed by atoms with Gasteiger partial charge in [0.15, 0.2) is 0 Å². The topological polar surface area (TPSA) is 12.0 Å². The first kappa shape index (κ1) is 13.8. The van der Waals surface area contributed by atoms with E-state index in [0.29, 0.717) is 6.04 Å². The van der Waals surface area contributed by atoms with E-state index < -0.39 is 0 Å². The summed E-state index contributed by atoms with van der Waals surface area (Å²) in [7, 11) is 0. The van der Waals surface area contributed by atoms with E-state index in [2.05, 4.69) is 75.5 Å². The van der Waals surface area contributed by atoms with Gasteiger partial charge in [-0.1, -0.05) is 42.5 Å². The minimum atomic E-state index is 0.377. The lowest BCUT2D eigenvalue weighted by atomic mass is 10.0. The molecule has 2 aromatic rings. The van der Waals surface area contributed by atoms with Crippen molar-refractivity contribution in [2.45, 2.75) is 40.3 Å². The molecule has 0 saturated heterocycles. The summed E-state index contributed by atoms with van der Waals surface area (Å²) >= 11 is 0. The van der Waals surface area contributed by atoms with Crippen molar-refractivity contribution in [1.82, 2.24) is 5.32 Å². The first-order valence-electron chi connectivity index (χ1n) is 6.93. The van der Waals surface area contributed by atoms with E-state index in [0.717, 1.165) is 6.54 Å². The van der Waals surface area contributed by atoms with Gasteiger partial charge in [-0.25, -0.2) is 0 Å². The molecule has 1 nitrogen and oxygen atoms in total. The molecule has 0 amide bonds. The van der Waals surface area contributed by atoms with Crippen molar-refractivity contribution in [3.05, 3.63) is 70.3 Å². The normalized spacial score (nSPS) is 12.4. The molecule has 1 heteroatoms. The Balaban J connectivity index is 2.05. The lowest BCUT2D eigenvalue weighted by molar-refractivity contribution is 0.573. The number of aryl methyl sites for hydroxylation is 3. The molecule has 1 N–H and O–H groups in total. The van der Waals surface area contributed by atoms with Gasteiger partial charge in [-0.15, -0.1) is 0 Å². The molecule has 19 heavy (non-hydrogen) atoms. The van der Waals surface area contributed by atoms with Crippen molar-refractivity contribution in [1.29, 1.82) is 0 Å². The Morgan fingerprint density at radius 1 is 0.895 bits per heavy atom. The molecule has 0 spiro atoms. The smallest absolute Gasteiger partial charge is 0.0294 e. The first-order valence-corrected chi connectivity index (χ1v) is 6.93. The molecule has 2 aromatic carbocycles. The van der Waals surface area contributed by atoms with Gasteiger partial charge in [0.05, 0.1) is 0 Å². The second-order valence-corrected chi connectivity index (χ2v) is 5.38. The van der Waals surface area contributed by atoms with Gasteiger partial charge in [0.1, 0.15) is 0 Å². The van der Waals surface area contributed by atoms with Crippen LogP contribution in [0.3, 0.4) is 0 Å². The number of hydrogen-bond donors (Lipinski definition) is 1. The highest BCUT2D eigenvalue weighted by atomic mass is 14.9. The lowest BCUT2D eigenvalue weighted by Crippen LogP contribution is -2.18. The number of nitrogens with one attached hydrogen (secondary N) is 1. The van der Waals surface area contributed by atoms with Crippen LogP contribution in [-0.4, -0.2) is 0 Å². The first-order chi connectivity index (χ1) is 9.08. The summed E-state index contributed by atoms with van der Waals surface area (Å²) < 4.78 is 0. The summed E-state index contributed by atoms with van der Waals surface area (Å²) in [6.07, 6.45) is 0. The fraction of sp³-hybridized carbons (Fsp3) is 0.333. The Kier molecular flexibility index (Phi) is 4.39. The zero-order valence-corrected chi connectivity index (χ0v) is 12.3. The van der Waals surface area contributed by atoms with Gasteiger partial charge in [-0.3, -0.25) is 0 Å². The Bertz CT molecular complexity index is 543. The Labute approximate surface area is 116 Å². The third-order valence-corrected chi connectivity index (χ3v) is 3.85. The van der Waals surface area contributed by atoms with E-state index in [4.69, 9.17) is 0 Å². The van der Waals surface area contributed by atoms with Gasteiger partial charge >= 0.3 is 0 Å². The molecule has 2 rings (SSSR count). The minimum Gasteiger partial charge on any atom is -0.306 e. The molecule has 0 aromatic heterocycles. The summed E-state index contributed by atoms with van der Waals surface area (Å²) in [5, 5.41) is 3.60. The molecule has 1 atom stereocenters. The van der Waals surface area contributed by atoms with E-state index in [9.17, 15) is 0 Å². The maximum Gasteiger partial charge on any atom is 0.0294 e. The standard InChI is InChI=1S/C18H23N/c1-13-10-15(3)18(11-14(13)2)12-19-16(4)17-8-6-5-7-9-17/h5-11,16,19H,12H2,1-4H3/t16-/m1/s1. The van der Waals surface area contributed by atoms with Gasteiger partial charge in [0.25, 0.3) is 0 Å². The van der Waals surface area contributed by atoms with Gasteiger partial charge in [0, 0.05) is 12.6 Å². The quantitative estimate of drug-likeness (QED) is 0.848. The zero-order chi connectivity index (χ0) is 13.8. The average Bonchev–Trinajstić information content (AvgIpc) is 2.42. The third-order valence-electron chi connectivity index (χ3n) is 3.85. The maximum absolute atomic E-state index is 3.60. The van der Waals surface area contributed by atoms with E-state index in [1.54, 1.807) is 0 Å². The maximum atomic E-state index is 3.60. The van der Waals surface area contributed by atoms with Crippen LogP contribution in [0.15, 0.2) is 42.5 Å². The number of hydrogen-bond acceptors (Lipinski definition) is 1. The van der Waals surface area contributed by atoms with Crippen LogP contribution >= 0.6 is 0 Å². The summed E-state index contributed by atoms with van der Waals surface area (Å²) in [6.45, 7) is 9.68. The second-order valence-electron chi connectivity index (χ2n) is 5.38. The largest absolute Gasteiger partial charge is 0.306 e. The summed E-state index contributed by atoms with van der Waals surface area (Å²) in [6, 6.07) is 15.5. The monoisotopic (exact) mass is 253 g/mol. The van der Waals surface area contributed by atoms with Crippen LogP contribution in [0.4, 0.5) is 0 Å². The zero-order valence-electron chi connectivity index (χ0n) is 12.3. The summed E-state index contributed by atoms with van der Waals surface area (Å²) in [5.74, 6) is 0. The molecule has 100 valence electrons. The molecule has 0 radical (unpaired) electrons. The number of benzene rings is 2. The van der Waals surface area contributed by atoms with Gasteiger partial charge in [0.2, 0.25) is 0 Å². The predicted octanol–water partition coefficient (Wildman–Crippen LogP) is 4.46. The highest BCUT2D eigenvalue weighted by molar-refractivity contribution is 5.36. The molecule has 0 heterocycles. The Morgan fingerprint density at radius 3 is 2.21 bits per heavy atom. The van der Waals surface area contributed by atoms with Crippen LogP contribution in [0.5, 0.6) is 0 Å². The number of rotatable bonds is 4. The van der Waals surface area contributed by atoms with Crippen LogP contribution < -0.4 is 5.32 Å². The Morgan fingerprint density at radius 2 is 1.53 bits per heavy atom. The molecule has 0 aliphatic heterocycles. The lowest BCUT2D eigenvalue weighted by Gasteiger charge is -2.16. The molecular weight excluding hydrogens is 230 g/mol. The van der Waals surface area contributed by atoms with E-state index >= 15 is 0 Å². The SMILES string of the molecule is Cc1cc(C)c(CN[C@H](C)c2ccccc2)cc1C. The molecule has 0 saturated carbocycles. The third kappa shape index (κ3) is 3.45. The van der Waals surface area contributed by atoms with Crippen molar-refractivity contribution in [3.63, 3.8) is 0 Å². The van der Waals surface area contributed by atoms with Gasteiger partial charge in [-0.05, 0) is 55.5 Å². The van der Waals surface area contributed by atoms with Crippen molar-refractivity contribution < 1.29 is 0 Å². The van der Waals surface area contributed by atoms with Crippen LogP contribution in [-0.2, 0) is 6.54 Å².